The third-order valence-electron chi connectivity index (χ3n) is 3.24. The molecule has 0 unspecified atom stereocenters. The van der Waals surface area contributed by atoms with Crippen molar-refractivity contribution in [3.63, 3.8) is 0 Å². The van der Waals surface area contributed by atoms with Crippen LogP contribution in [0.4, 0.5) is 52.3 Å². The van der Waals surface area contributed by atoms with E-state index in [1.54, 1.807) is 0 Å². The molecule has 0 N–H and O–H groups in total. The summed E-state index contributed by atoms with van der Waals surface area (Å²) in [6.07, 6.45) is -3.87. The van der Waals surface area contributed by atoms with Gasteiger partial charge in [0.2, 0.25) is 11.6 Å². The monoisotopic (exact) mass is 448 g/mol. The van der Waals surface area contributed by atoms with E-state index in [1.165, 1.54) is 0 Å². The van der Waals surface area contributed by atoms with Gasteiger partial charge >= 0.3 is 7.99 Å². The lowest BCUT2D eigenvalue weighted by atomic mass is 9.98. The molecule has 0 radical (unpaired) electrons. The van der Waals surface area contributed by atoms with Crippen LogP contribution in [-0.4, -0.2) is 0 Å². The van der Waals surface area contributed by atoms with Crippen molar-refractivity contribution in [3.05, 3.63) is 69.3 Å². The molecule has 2 nitrogen and oxygen atoms in total. The summed E-state index contributed by atoms with van der Waals surface area (Å²) in [6.45, 7) is 0. The van der Waals surface area contributed by atoms with Gasteiger partial charge in [-0.15, -0.1) is 8.39 Å². The number of halogens is 12. The van der Waals surface area contributed by atoms with E-state index in [2.05, 4.69) is 4.52 Å². The predicted molar refractivity (Wildman–Crippen MR) is 65.2 cm³/mol. The van der Waals surface area contributed by atoms with Crippen LogP contribution in [-0.2, 0) is 9.09 Å². The molecule has 0 fully saturated rings. The SMILES string of the molecule is O=P(F)(F)OC(c1c(F)c(F)c(F)c(F)c1F)c1c(F)c(F)c(F)c(F)c1F. The van der Waals surface area contributed by atoms with Gasteiger partial charge in [0.05, 0.1) is 11.1 Å². The minimum atomic E-state index is -7.06. The van der Waals surface area contributed by atoms with Gasteiger partial charge in [0.25, 0.3) is 0 Å². The van der Waals surface area contributed by atoms with Crippen molar-refractivity contribution in [2.45, 2.75) is 6.10 Å². The van der Waals surface area contributed by atoms with Crippen LogP contribution in [0.25, 0.3) is 0 Å². The third-order valence-corrected chi connectivity index (χ3v) is 3.70. The van der Waals surface area contributed by atoms with Crippen LogP contribution < -0.4 is 0 Å². The molecule has 28 heavy (non-hydrogen) atoms. The standard InChI is InChI=1S/C13HF12O2P/c14-3-1(4(15)8(19)11(22)7(3)18)13(27-28(24,25)26)2-5(16)9(20)12(23)10(21)6(2)17/h13H. The fraction of sp³-hybridized carbons (Fsp3) is 0.0769. The molecule has 2 aromatic rings. The molecular formula is C13HF12O2P. The summed E-state index contributed by atoms with van der Waals surface area (Å²) in [6, 6.07) is 0. The maximum Gasteiger partial charge on any atom is 0.552 e. The van der Waals surface area contributed by atoms with Crippen LogP contribution in [0.15, 0.2) is 0 Å². The van der Waals surface area contributed by atoms with Crippen LogP contribution in [0.2, 0.25) is 0 Å². The fourth-order valence-electron chi connectivity index (χ4n) is 2.08. The van der Waals surface area contributed by atoms with Gasteiger partial charge in [-0.2, -0.15) is 0 Å². The highest BCUT2D eigenvalue weighted by Crippen LogP contribution is 2.56. The molecule has 0 aliphatic rings. The quantitative estimate of drug-likeness (QED) is 0.240. The fourth-order valence-corrected chi connectivity index (χ4v) is 2.53. The smallest absolute Gasteiger partial charge is 0.267 e. The molecule has 154 valence electrons. The lowest BCUT2D eigenvalue weighted by Crippen LogP contribution is -2.18. The molecule has 2 rings (SSSR count). The first-order chi connectivity index (χ1) is 12.7. The van der Waals surface area contributed by atoms with Crippen LogP contribution >= 0.6 is 7.99 Å². The van der Waals surface area contributed by atoms with Crippen molar-refractivity contribution >= 4 is 7.99 Å². The van der Waals surface area contributed by atoms with Crippen molar-refractivity contribution in [2.75, 3.05) is 0 Å². The van der Waals surface area contributed by atoms with Gasteiger partial charge in [0.15, 0.2) is 46.5 Å². The summed E-state index contributed by atoms with van der Waals surface area (Å²) in [5.41, 5.74) is -5.12. The molecule has 0 atom stereocenters. The van der Waals surface area contributed by atoms with Crippen LogP contribution in [0.5, 0.6) is 0 Å². The molecule has 0 amide bonds. The zero-order valence-corrected chi connectivity index (χ0v) is 13.3. The Morgan fingerprint density at radius 1 is 0.500 bits per heavy atom. The highest BCUT2D eigenvalue weighted by molar-refractivity contribution is 7.47. The highest BCUT2D eigenvalue weighted by atomic mass is 31.2. The minimum absolute atomic E-state index is 2.56. The Kier molecular flexibility index (Phi) is 5.77. The van der Waals surface area contributed by atoms with Crippen molar-refractivity contribution in [2.24, 2.45) is 0 Å². The second kappa shape index (κ2) is 7.32. The zero-order chi connectivity index (χ0) is 21.7. The summed E-state index contributed by atoms with van der Waals surface area (Å²) in [7, 11) is -7.06. The Hall–Kier alpha value is -2.21. The molecule has 0 aliphatic heterocycles. The summed E-state index contributed by atoms with van der Waals surface area (Å²) >= 11 is 0. The summed E-state index contributed by atoms with van der Waals surface area (Å²) in [5, 5.41) is 0. The van der Waals surface area contributed by atoms with E-state index in [0.29, 0.717) is 0 Å². The van der Waals surface area contributed by atoms with E-state index in [-0.39, 0.29) is 0 Å². The Morgan fingerprint density at radius 3 is 0.929 bits per heavy atom. The van der Waals surface area contributed by atoms with E-state index in [1.807, 2.05) is 0 Å². The minimum Gasteiger partial charge on any atom is -0.267 e. The van der Waals surface area contributed by atoms with E-state index in [9.17, 15) is 56.9 Å². The lowest BCUT2D eigenvalue weighted by molar-refractivity contribution is 0.180. The Labute approximate surface area is 146 Å². The second-order valence-electron chi connectivity index (χ2n) is 4.87. The average molecular weight is 448 g/mol. The molecule has 2 aromatic carbocycles. The number of benzene rings is 2. The molecular weight excluding hydrogens is 447 g/mol. The first-order valence-electron chi connectivity index (χ1n) is 6.41. The van der Waals surface area contributed by atoms with Crippen molar-refractivity contribution in [1.82, 2.24) is 0 Å². The summed E-state index contributed by atoms with van der Waals surface area (Å²) in [4.78, 5) is 0. The molecule has 0 saturated carbocycles. The van der Waals surface area contributed by atoms with E-state index in [4.69, 9.17) is 0 Å². The van der Waals surface area contributed by atoms with Gasteiger partial charge in [-0.05, 0) is 0 Å². The van der Waals surface area contributed by atoms with Gasteiger partial charge in [0.1, 0.15) is 6.10 Å². The molecule has 0 saturated heterocycles. The highest BCUT2D eigenvalue weighted by Gasteiger charge is 2.42. The molecule has 0 spiro atoms. The topological polar surface area (TPSA) is 26.3 Å². The van der Waals surface area contributed by atoms with Gasteiger partial charge in [-0.1, -0.05) is 0 Å². The number of hydrogen-bond acceptors (Lipinski definition) is 2. The average Bonchev–Trinajstić information content (AvgIpc) is 2.60. The van der Waals surface area contributed by atoms with Crippen molar-refractivity contribution < 1.29 is 61.4 Å². The number of rotatable bonds is 4. The van der Waals surface area contributed by atoms with Gasteiger partial charge < -0.3 is 0 Å². The molecule has 15 heteroatoms. The molecule has 0 bridgehead atoms. The largest absolute Gasteiger partial charge is 0.552 e. The first-order valence-corrected chi connectivity index (χ1v) is 7.81. The first kappa shape index (κ1) is 22.1. The summed E-state index contributed by atoms with van der Waals surface area (Å²) < 4.78 is 174. The maximum absolute atomic E-state index is 13.8. The molecule has 0 aromatic heterocycles. The normalized spacial score (nSPS) is 12.2. The van der Waals surface area contributed by atoms with E-state index in [0.717, 1.165) is 0 Å². The van der Waals surface area contributed by atoms with Crippen molar-refractivity contribution in [3.8, 4) is 0 Å². The maximum atomic E-state index is 13.8. The van der Waals surface area contributed by atoms with Gasteiger partial charge in [-0.3, -0.25) is 4.52 Å². The predicted octanol–water partition coefficient (Wildman–Crippen LogP) is 6.23. The Balaban J connectivity index is 2.99. The number of hydrogen-bond donors (Lipinski definition) is 0. The van der Waals surface area contributed by atoms with E-state index < -0.39 is 83.4 Å². The molecule has 0 heterocycles. The lowest BCUT2D eigenvalue weighted by Gasteiger charge is -2.21. The van der Waals surface area contributed by atoms with Crippen LogP contribution in [0, 0.1) is 58.2 Å². The Bertz CT molecular complexity index is 890. The zero-order valence-electron chi connectivity index (χ0n) is 12.4. The van der Waals surface area contributed by atoms with Gasteiger partial charge in [-0.25, -0.2) is 48.5 Å². The van der Waals surface area contributed by atoms with Crippen molar-refractivity contribution in [1.29, 1.82) is 0 Å². The summed E-state index contributed by atoms with van der Waals surface area (Å²) in [5.74, 6) is -29.0. The van der Waals surface area contributed by atoms with E-state index >= 15 is 0 Å². The second-order valence-corrected chi connectivity index (χ2v) is 5.91. The van der Waals surface area contributed by atoms with Gasteiger partial charge in [0, 0.05) is 0 Å². The van der Waals surface area contributed by atoms with Crippen LogP contribution in [0.3, 0.4) is 0 Å². The molecule has 0 aliphatic carbocycles. The van der Waals surface area contributed by atoms with Crippen LogP contribution in [0.1, 0.15) is 17.2 Å². The third kappa shape index (κ3) is 3.58. The Morgan fingerprint density at radius 2 is 0.714 bits per heavy atom.